The highest BCUT2D eigenvalue weighted by Gasteiger charge is 2.18. The molecular weight excluding hydrogens is 182 g/mol. The van der Waals surface area contributed by atoms with Crippen molar-refractivity contribution in [2.75, 3.05) is 0 Å². The molecule has 0 spiro atoms. The summed E-state index contributed by atoms with van der Waals surface area (Å²) < 4.78 is 2.37. The van der Waals surface area contributed by atoms with Crippen LogP contribution in [-0.2, 0) is 13.0 Å². The summed E-state index contributed by atoms with van der Waals surface area (Å²) in [5, 5.41) is 0. The van der Waals surface area contributed by atoms with E-state index in [0.29, 0.717) is 5.92 Å². The van der Waals surface area contributed by atoms with Gasteiger partial charge in [0.15, 0.2) is 0 Å². The topological polar surface area (TPSA) is 4.93 Å². The first-order chi connectivity index (χ1) is 7.43. The Bertz CT molecular complexity index is 441. The van der Waals surface area contributed by atoms with Crippen molar-refractivity contribution in [1.29, 1.82) is 0 Å². The second-order valence-corrected chi connectivity index (χ2v) is 4.29. The zero-order chi connectivity index (χ0) is 10.1. The summed E-state index contributed by atoms with van der Waals surface area (Å²) in [6.45, 7) is 1.17. The van der Waals surface area contributed by atoms with Crippen molar-refractivity contribution in [1.82, 2.24) is 4.57 Å². The van der Waals surface area contributed by atoms with Gasteiger partial charge in [0, 0.05) is 18.4 Å². The number of aryl methyl sites for hydroxylation is 1. The number of benzene rings is 1. The molecule has 0 aliphatic carbocycles. The molecule has 1 aromatic heterocycles. The normalized spacial score (nSPS) is 19.9. The van der Waals surface area contributed by atoms with Gasteiger partial charge in [-0.25, -0.2) is 0 Å². The van der Waals surface area contributed by atoms with Crippen LogP contribution in [0.3, 0.4) is 0 Å². The van der Waals surface area contributed by atoms with Gasteiger partial charge in [0.05, 0.1) is 0 Å². The van der Waals surface area contributed by atoms with Crippen LogP contribution in [0.5, 0.6) is 0 Å². The molecule has 76 valence electrons. The van der Waals surface area contributed by atoms with Gasteiger partial charge in [-0.1, -0.05) is 30.3 Å². The van der Waals surface area contributed by atoms with Gasteiger partial charge < -0.3 is 4.57 Å². The SMILES string of the molecule is c1ccc(C2CCn3cccc3C2)cc1. The Hall–Kier alpha value is -1.50. The number of aromatic nitrogens is 1. The predicted octanol–water partition coefficient (Wildman–Crippen LogP) is 3.22. The Morgan fingerprint density at radius 3 is 2.73 bits per heavy atom. The van der Waals surface area contributed by atoms with Crippen LogP contribution >= 0.6 is 0 Å². The molecule has 15 heavy (non-hydrogen) atoms. The van der Waals surface area contributed by atoms with E-state index >= 15 is 0 Å². The van der Waals surface area contributed by atoms with Gasteiger partial charge in [0.2, 0.25) is 0 Å². The van der Waals surface area contributed by atoms with E-state index in [9.17, 15) is 0 Å². The summed E-state index contributed by atoms with van der Waals surface area (Å²) in [4.78, 5) is 0. The maximum absolute atomic E-state index is 2.37. The van der Waals surface area contributed by atoms with E-state index < -0.39 is 0 Å². The summed E-state index contributed by atoms with van der Waals surface area (Å²) >= 11 is 0. The minimum absolute atomic E-state index is 0.716. The van der Waals surface area contributed by atoms with Gasteiger partial charge in [-0.15, -0.1) is 0 Å². The van der Waals surface area contributed by atoms with Crippen molar-refractivity contribution >= 4 is 0 Å². The third kappa shape index (κ3) is 1.58. The molecule has 2 aromatic rings. The van der Waals surface area contributed by atoms with Gasteiger partial charge in [0.1, 0.15) is 0 Å². The largest absolute Gasteiger partial charge is 0.351 e. The van der Waals surface area contributed by atoms with Crippen LogP contribution in [0.1, 0.15) is 23.6 Å². The van der Waals surface area contributed by atoms with E-state index in [-0.39, 0.29) is 0 Å². The van der Waals surface area contributed by atoms with Gasteiger partial charge in [-0.3, -0.25) is 0 Å². The van der Waals surface area contributed by atoms with Gasteiger partial charge in [-0.05, 0) is 36.5 Å². The van der Waals surface area contributed by atoms with E-state index in [4.69, 9.17) is 0 Å². The first-order valence-electron chi connectivity index (χ1n) is 5.62. The number of fused-ring (bicyclic) bond motifs is 1. The van der Waals surface area contributed by atoms with Crippen LogP contribution < -0.4 is 0 Å². The highest BCUT2D eigenvalue weighted by molar-refractivity contribution is 5.23. The van der Waals surface area contributed by atoms with Crippen molar-refractivity contribution in [2.45, 2.75) is 25.3 Å². The van der Waals surface area contributed by atoms with Crippen LogP contribution in [0.25, 0.3) is 0 Å². The first-order valence-corrected chi connectivity index (χ1v) is 5.62. The van der Waals surface area contributed by atoms with Gasteiger partial charge >= 0.3 is 0 Å². The number of hydrogen-bond donors (Lipinski definition) is 0. The monoisotopic (exact) mass is 197 g/mol. The van der Waals surface area contributed by atoms with Crippen LogP contribution in [0.4, 0.5) is 0 Å². The van der Waals surface area contributed by atoms with Crippen molar-refractivity contribution in [3.05, 3.63) is 59.9 Å². The van der Waals surface area contributed by atoms with E-state index in [1.807, 2.05) is 0 Å². The van der Waals surface area contributed by atoms with E-state index in [0.717, 1.165) is 0 Å². The number of rotatable bonds is 1. The fourth-order valence-corrected chi connectivity index (χ4v) is 2.51. The molecule has 0 radical (unpaired) electrons. The Kier molecular flexibility index (Phi) is 2.09. The lowest BCUT2D eigenvalue weighted by molar-refractivity contribution is 0.475. The van der Waals surface area contributed by atoms with Gasteiger partial charge in [-0.2, -0.15) is 0 Å². The molecule has 0 fully saturated rings. The second-order valence-electron chi connectivity index (χ2n) is 4.29. The summed E-state index contributed by atoms with van der Waals surface area (Å²) in [5.74, 6) is 0.716. The Balaban J connectivity index is 1.88. The standard InChI is InChI=1S/C14H15N/c1-2-5-12(6-3-1)13-8-10-15-9-4-7-14(15)11-13/h1-7,9,13H,8,10-11H2. The van der Waals surface area contributed by atoms with E-state index in [1.165, 1.54) is 30.6 Å². The quantitative estimate of drug-likeness (QED) is 0.661. The zero-order valence-electron chi connectivity index (χ0n) is 8.76. The van der Waals surface area contributed by atoms with Crippen molar-refractivity contribution < 1.29 is 0 Å². The van der Waals surface area contributed by atoms with Gasteiger partial charge in [0.25, 0.3) is 0 Å². The Morgan fingerprint density at radius 1 is 1.00 bits per heavy atom. The number of nitrogens with zero attached hydrogens (tertiary/aromatic N) is 1. The molecule has 1 atom stereocenters. The lowest BCUT2D eigenvalue weighted by atomic mass is 9.89. The maximum atomic E-state index is 2.37. The third-order valence-electron chi connectivity index (χ3n) is 3.37. The molecule has 1 aliphatic rings. The van der Waals surface area contributed by atoms with Crippen LogP contribution in [0.2, 0.25) is 0 Å². The second kappa shape index (κ2) is 3.58. The molecule has 2 heterocycles. The van der Waals surface area contributed by atoms with Crippen LogP contribution in [0.15, 0.2) is 48.7 Å². The zero-order valence-corrected chi connectivity index (χ0v) is 8.76. The molecule has 0 bridgehead atoms. The molecule has 1 aliphatic heterocycles. The molecule has 1 nitrogen and oxygen atoms in total. The first kappa shape index (κ1) is 8.78. The molecule has 1 heteroatoms. The molecule has 0 saturated carbocycles. The van der Waals surface area contributed by atoms with E-state index in [1.54, 1.807) is 0 Å². The van der Waals surface area contributed by atoms with Crippen molar-refractivity contribution in [3.8, 4) is 0 Å². The predicted molar refractivity (Wildman–Crippen MR) is 61.9 cm³/mol. The molecule has 0 amide bonds. The minimum Gasteiger partial charge on any atom is -0.351 e. The highest BCUT2D eigenvalue weighted by Crippen LogP contribution is 2.29. The Morgan fingerprint density at radius 2 is 1.87 bits per heavy atom. The summed E-state index contributed by atoms with van der Waals surface area (Å²) in [7, 11) is 0. The minimum atomic E-state index is 0.716. The summed E-state index contributed by atoms with van der Waals surface area (Å²) in [6, 6.07) is 15.3. The highest BCUT2D eigenvalue weighted by atomic mass is 15.0. The average Bonchev–Trinajstić information content (AvgIpc) is 2.77. The molecule has 1 unspecified atom stereocenters. The Labute approximate surface area is 90.4 Å². The molecule has 0 saturated heterocycles. The molecule has 1 aromatic carbocycles. The average molecular weight is 197 g/mol. The number of hydrogen-bond acceptors (Lipinski definition) is 0. The lowest BCUT2D eigenvalue weighted by Gasteiger charge is -2.24. The van der Waals surface area contributed by atoms with Crippen LogP contribution in [-0.4, -0.2) is 4.57 Å². The van der Waals surface area contributed by atoms with E-state index in [2.05, 4.69) is 53.2 Å². The molecular formula is C14H15N. The third-order valence-corrected chi connectivity index (χ3v) is 3.37. The smallest absolute Gasteiger partial charge is 0.0228 e. The summed E-state index contributed by atoms with van der Waals surface area (Å²) in [6.07, 6.45) is 4.65. The van der Waals surface area contributed by atoms with Crippen LogP contribution in [0, 0.1) is 0 Å². The fourth-order valence-electron chi connectivity index (χ4n) is 2.51. The fraction of sp³-hybridized carbons (Fsp3) is 0.286. The molecule has 0 N–H and O–H groups in total. The molecule has 3 rings (SSSR count). The van der Waals surface area contributed by atoms with Crippen molar-refractivity contribution in [3.63, 3.8) is 0 Å². The summed E-state index contributed by atoms with van der Waals surface area (Å²) in [5.41, 5.74) is 2.97. The lowest BCUT2D eigenvalue weighted by Crippen LogP contribution is -2.16. The van der Waals surface area contributed by atoms with Crippen molar-refractivity contribution in [2.24, 2.45) is 0 Å². The maximum Gasteiger partial charge on any atom is 0.0228 e.